The van der Waals surface area contributed by atoms with Crippen molar-refractivity contribution < 1.29 is 28.2 Å². The Morgan fingerprint density at radius 2 is 1.87 bits per heavy atom. The number of aliphatic hydroxyl groups excluding tert-OH is 1. The molecule has 11 heteroatoms. The van der Waals surface area contributed by atoms with E-state index in [2.05, 4.69) is 20.5 Å². The third kappa shape index (κ3) is 3.71. The predicted molar refractivity (Wildman–Crippen MR) is 101 cm³/mol. The van der Waals surface area contributed by atoms with Crippen LogP contribution in [-0.2, 0) is 6.18 Å². The molecule has 0 aliphatic carbocycles. The minimum absolute atomic E-state index is 0.0323. The van der Waals surface area contributed by atoms with Gasteiger partial charge in [0.1, 0.15) is 11.2 Å². The molecule has 1 aromatic carbocycles. The van der Waals surface area contributed by atoms with Crippen molar-refractivity contribution in [3.63, 3.8) is 0 Å². The number of halogens is 3. The Morgan fingerprint density at radius 3 is 2.50 bits per heavy atom. The van der Waals surface area contributed by atoms with Crippen LogP contribution in [0.3, 0.4) is 0 Å². The van der Waals surface area contributed by atoms with E-state index in [0.717, 1.165) is 17.0 Å². The summed E-state index contributed by atoms with van der Waals surface area (Å²) in [5.41, 5.74) is 0.441. The van der Waals surface area contributed by atoms with Gasteiger partial charge in [0.15, 0.2) is 5.82 Å². The molecule has 3 heterocycles. The van der Waals surface area contributed by atoms with Crippen molar-refractivity contribution in [2.45, 2.75) is 18.3 Å². The van der Waals surface area contributed by atoms with Crippen LogP contribution < -0.4 is 5.32 Å². The van der Waals surface area contributed by atoms with Crippen molar-refractivity contribution >= 4 is 22.8 Å². The van der Waals surface area contributed by atoms with E-state index < -0.39 is 30.0 Å². The van der Waals surface area contributed by atoms with Gasteiger partial charge in [-0.3, -0.25) is 4.98 Å². The lowest BCUT2D eigenvalue weighted by Gasteiger charge is -2.17. The van der Waals surface area contributed by atoms with E-state index in [1.165, 1.54) is 18.3 Å². The van der Waals surface area contributed by atoms with E-state index in [1.54, 1.807) is 12.1 Å². The van der Waals surface area contributed by atoms with Gasteiger partial charge in [0.25, 0.3) is 0 Å². The van der Waals surface area contributed by atoms with Gasteiger partial charge in [-0.25, -0.2) is 4.79 Å². The molecule has 30 heavy (non-hydrogen) atoms. The van der Waals surface area contributed by atoms with E-state index in [9.17, 15) is 23.1 Å². The van der Waals surface area contributed by atoms with Crippen molar-refractivity contribution in [2.24, 2.45) is 0 Å². The molecule has 1 aliphatic rings. The maximum absolute atomic E-state index is 12.8. The average Bonchev–Trinajstić information content (AvgIpc) is 3.08. The zero-order valence-corrected chi connectivity index (χ0v) is 15.3. The number of β-amino-alcohol motifs (C(OH)–C–C–N with tert-alkyl or cyclic N) is 1. The first-order valence-electron chi connectivity index (χ1n) is 8.95. The van der Waals surface area contributed by atoms with Crippen LogP contribution in [0.15, 0.2) is 42.6 Å². The Hall–Kier alpha value is -3.47. The number of carboxylic acid groups (broad SMARTS) is 1. The van der Waals surface area contributed by atoms with Crippen molar-refractivity contribution in [3.05, 3.63) is 48.2 Å². The molecule has 3 aromatic rings. The lowest BCUT2D eigenvalue weighted by atomic mass is 10.0. The first-order chi connectivity index (χ1) is 14.2. The maximum Gasteiger partial charge on any atom is 0.416 e. The Bertz CT molecular complexity index is 1090. The zero-order chi connectivity index (χ0) is 21.5. The van der Waals surface area contributed by atoms with Gasteiger partial charge in [0, 0.05) is 23.7 Å². The summed E-state index contributed by atoms with van der Waals surface area (Å²) in [6.45, 7) is 0.0303. The van der Waals surface area contributed by atoms with Crippen LogP contribution in [0.25, 0.3) is 22.2 Å². The molecule has 1 fully saturated rings. The van der Waals surface area contributed by atoms with Gasteiger partial charge in [0.2, 0.25) is 0 Å². The number of nitrogens with one attached hydrogen (secondary N) is 1. The summed E-state index contributed by atoms with van der Waals surface area (Å²) < 4.78 is 38.5. The number of carbonyl (C=O) groups is 1. The smallest absolute Gasteiger partial charge is 0.416 e. The molecule has 0 unspecified atom stereocenters. The molecule has 3 N–H and O–H groups in total. The van der Waals surface area contributed by atoms with Gasteiger partial charge in [-0.1, -0.05) is 12.1 Å². The van der Waals surface area contributed by atoms with Crippen LogP contribution in [0.4, 0.5) is 23.8 Å². The number of alkyl halides is 3. The van der Waals surface area contributed by atoms with Gasteiger partial charge in [-0.15, -0.1) is 10.2 Å². The molecule has 0 bridgehead atoms. The number of nitrogens with zero attached hydrogens (tertiary/aromatic N) is 4. The van der Waals surface area contributed by atoms with E-state index in [-0.39, 0.29) is 18.9 Å². The van der Waals surface area contributed by atoms with E-state index in [1.807, 2.05) is 0 Å². The molecular weight excluding hydrogens is 403 g/mol. The van der Waals surface area contributed by atoms with Crippen LogP contribution in [0.2, 0.25) is 0 Å². The number of hydrogen-bond donors (Lipinski definition) is 3. The highest BCUT2D eigenvalue weighted by atomic mass is 19.4. The molecule has 0 radical (unpaired) electrons. The number of amides is 1. The molecule has 0 spiro atoms. The number of pyridine rings is 1. The van der Waals surface area contributed by atoms with Crippen LogP contribution in [-0.4, -0.2) is 61.6 Å². The fourth-order valence-corrected chi connectivity index (χ4v) is 3.37. The normalized spacial score (nSPS) is 19.3. The lowest BCUT2D eigenvalue weighted by molar-refractivity contribution is -0.137. The second-order valence-corrected chi connectivity index (χ2v) is 6.88. The molecule has 0 saturated carbocycles. The molecule has 156 valence electrons. The molecule has 2 aromatic heterocycles. The summed E-state index contributed by atoms with van der Waals surface area (Å²) in [6.07, 6.45) is -4.98. The first-order valence-corrected chi connectivity index (χ1v) is 8.95. The molecule has 4 rings (SSSR count). The monoisotopic (exact) mass is 419 g/mol. The molecular formula is C19H16F3N5O3. The van der Waals surface area contributed by atoms with Gasteiger partial charge in [0.05, 0.1) is 24.3 Å². The van der Waals surface area contributed by atoms with Crippen LogP contribution in [0.5, 0.6) is 0 Å². The molecule has 1 saturated heterocycles. The van der Waals surface area contributed by atoms with Crippen LogP contribution >= 0.6 is 0 Å². The summed E-state index contributed by atoms with van der Waals surface area (Å²) in [6, 6.07) is 7.36. The largest absolute Gasteiger partial charge is 0.465 e. The summed E-state index contributed by atoms with van der Waals surface area (Å²) >= 11 is 0. The van der Waals surface area contributed by atoms with Crippen molar-refractivity contribution in [1.82, 2.24) is 20.1 Å². The fourth-order valence-electron chi connectivity index (χ4n) is 3.37. The first kappa shape index (κ1) is 19.8. The molecule has 1 aliphatic heterocycles. The van der Waals surface area contributed by atoms with Gasteiger partial charge in [-0.05, 0) is 24.3 Å². The van der Waals surface area contributed by atoms with Crippen LogP contribution in [0, 0.1) is 0 Å². The molecule has 1 amide bonds. The van der Waals surface area contributed by atoms with Crippen molar-refractivity contribution in [3.8, 4) is 11.3 Å². The summed E-state index contributed by atoms with van der Waals surface area (Å²) in [7, 11) is 0. The third-order valence-electron chi connectivity index (χ3n) is 4.90. The number of fused-ring (bicyclic) bond motifs is 1. The second kappa shape index (κ2) is 7.41. The van der Waals surface area contributed by atoms with Gasteiger partial charge >= 0.3 is 12.3 Å². The predicted octanol–water partition coefficient (Wildman–Crippen LogP) is 2.85. The fraction of sp³-hybridized carbons (Fsp3) is 0.263. The van der Waals surface area contributed by atoms with Gasteiger partial charge < -0.3 is 20.4 Å². The number of anilines is 1. The lowest BCUT2D eigenvalue weighted by Crippen LogP contribution is -2.33. The molecule has 8 nitrogen and oxygen atoms in total. The summed E-state index contributed by atoms with van der Waals surface area (Å²) in [5.74, 6) is 0.248. The van der Waals surface area contributed by atoms with Gasteiger partial charge in [-0.2, -0.15) is 13.2 Å². The van der Waals surface area contributed by atoms with E-state index in [4.69, 9.17) is 5.11 Å². The Labute approximate surface area is 168 Å². The number of aromatic nitrogens is 3. The topological polar surface area (TPSA) is 111 Å². The number of aliphatic hydroxyl groups is 1. The zero-order valence-electron chi connectivity index (χ0n) is 15.3. The standard InChI is InChI=1S/C19H16F3N5O3/c20-19(21,22)11-5-3-10(4-6-11)15-12-2-1-7-23-16(12)17(26-25-15)24-13-8-27(18(29)30)9-14(13)28/h1-7,13-14,28H,8-9H2,(H,24,26)(H,29,30)/t13-,14+/m1/s1. The minimum Gasteiger partial charge on any atom is -0.465 e. The molecule has 2 atom stereocenters. The second-order valence-electron chi connectivity index (χ2n) is 6.88. The highest BCUT2D eigenvalue weighted by Gasteiger charge is 2.35. The van der Waals surface area contributed by atoms with Crippen molar-refractivity contribution in [2.75, 3.05) is 18.4 Å². The maximum atomic E-state index is 12.8. The number of benzene rings is 1. The Kier molecular flexibility index (Phi) is 4.90. The highest BCUT2D eigenvalue weighted by molar-refractivity contribution is 5.97. The number of likely N-dealkylation sites (tertiary alicyclic amines) is 1. The Morgan fingerprint density at radius 1 is 1.13 bits per heavy atom. The van der Waals surface area contributed by atoms with E-state index in [0.29, 0.717) is 22.2 Å². The van der Waals surface area contributed by atoms with Crippen LogP contribution in [0.1, 0.15) is 5.56 Å². The highest BCUT2D eigenvalue weighted by Crippen LogP contribution is 2.33. The van der Waals surface area contributed by atoms with Crippen molar-refractivity contribution in [1.29, 1.82) is 0 Å². The minimum atomic E-state index is -4.44. The third-order valence-corrected chi connectivity index (χ3v) is 4.90. The average molecular weight is 419 g/mol. The summed E-state index contributed by atoms with van der Waals surface area (Å²) in [5, 5.41) is 31.0. The quantitative estimate of drug-likeness (QED) is 0.599. The van der Waals surface area contributed by atoms with E-state index >= 15 is 0 Å². The SMILES string of the molecule is O=C(O)N1C[C@H](O)[C@H](Nc2nnc(-c3ccc(C(F)(F)F)cc3)c3cccnc23)C1. The summed E-state index contributed by atoms with van der Waals surface area (Å²) in [4.78, 5) is 16.5. The number of hydrogen-bond acceptors (Lipinski definition) is 6. The Balaban J connectivity index is 1.68. The number of rotatable bonds is 3.